The minimum Gasteiger partial charge on any atom is -0.497 e. The van der Waals surface area contributed by atoms with E-state index in [9.17, 15) is 13.2 Å². The van der Waals surface area contributed by atoms with E-state index in [1.807, 2.05) is 0 Å². The first-order valence-electron chi connectivity index (χ1n) is 7.40. The van der Waals surface area contributed by atoms with Crippen LogP contribution < -0.4 is 13.8 Å². The summed E-state index contributed by atoms with van der Waals surface area (Å²) >= 11 is 3.27. The van der Waals surface area contributed by atoms with Crippen LogP contribution in [-0.4, -0.2) is 42.3 Å². The smallest absolute Gasteiger partial charge is 0.326 e. The maximum atomic E-state index is 13.2. The molecular weight excluding hydrogens is 426 g/mol. The highest BCUT2D eigenvalue weighted by Crippen LogP contribution is 2.35. The zero-order valence-corrected chi connectivity index (χ0v) is 16.8. The monoisotopic (exact) mass is 443 g/mol. The largest absolute Gasteiger partial charge is 0.497 e. The molecule has 0 amide bonds. The van der Waals surface area contributed by atoms with Crippen LogP contribution in [0.2, 0.25) is 0 Å². The lowest BCUT2D eigenvalue weighted by Crippen LogP contribution is -2.36. The Balaban J connectivity index is 2.64. The Labute approximate surface area is 160 Å². The topological polar surface area (TPSA) is 82.1 Å². The number of methoxy groups -OCH3 is 3. The first-order chi connectivity index (χ1) is 12.3. The molecule has 2 aromatic rings. The van der Waals surface area contributed by atoms with Crippen LogP contribution >= 0.6 is 15.9 Å². The van der Waals surface area contributed by atoms with E-state index in [0.717, 1.165) is 8.78 Å². The Morgan fingerprint density at radius 1 is 1.04 bits per heavy atom. The number of hydrogen-bond donors (Lipinski definition) is 0. The number of esters is 1. The van der Waals surface area contributed by atoms with E-state index in [1.54, 1.807) is 24.3 Å². The highest BCUT2D eigenvalue weighted by Gasteiger charge is 2.30. The van der Waals surface area contributed by atoms with Gasteiger partial charge in [-0.15, -0.1) is 0 Å². The molecule has 0 aliphatic carbocycles. The summed E-state index contributed by atoms with van der Waals surface area (Å²) in [5.41, 5.74) is 0.167. The van der Waals surface area contributed by atoms with Gasteiger partial charge in [0, 0.05) is 10.5 Å². The molecule has 0 saturated heterocycles. The number of anilines is 1. The number of carbonyl (C=O) groups excluding carboxylic acids is 1. The molecule has 0 unspecified atom stereocenters. The van der Waals surface area contributed by atoms with Crippen molar-refractivity contribution in [2.75, 3.05) is 32.2 Å². The Hall–Kier alpha value is -2.26. The molecule has 0 bridgehead atoms. The van der Waals surface area contributed by atoms with Gasteiger partial charge in [-0.3, -0.25) is 9.10 Å². The third kappa shape index (κ3) is 4.28. The summed E-state index contributed by atoms with van der Waals surface area (Å²) in [6.45, 7) is -0.515. The van der Waals surface area contributed by atoms with Crippen molar-refractivity contribution in [2.24, 2.45) is 0 Å². The number of hydrogen-bond acceptors (Lipinski definition) is 6. The van der Waals surface area contributed by atoms with Gasteiger partial charge < -0.3 is 14.2 Å². The van der Waals surface area contributed by atoms with E-state index in [2.05, 4.69) is 20.7 Å². The van der Waals surface area contributed by atoms with Crippen LogP contribution in [0.4, 0.5) is 5.69 Å². The van der Waals surface area contributed by atoms with Gasteiger partial charge in [-0.2, -0.15) is 0 Å². The Morgan fingerprint density at radius 2 is 1.69 bits per heavy atom. The number of halogens is 1. The molecule has 140 valence electrons. The maximum absolute atomic E-state index is 13.2. The van der Waals surface area contributed by atoms with Gasteiger partial charge in [-0.05, 0) is 36.4 Å². The normalized spacial score (nSPS) is 10.9. The van der Waals surface area contributed by atoms with Gasteiger partial charge in [0.2, 0.25) is 0 Å². The fourth-order valence-corrected chi connectivity index (χ4v) is 3.88. The van der Waals surface area contributed by atoms with Gasteiger partial charge >= 0.3 is 5.97 Å². The van der Waals surface area contributed by atoms with Crippen molar-refractivity contribution in [1.82, 2.24) is 0 Å². The molecule has 0 atom stereocenters. The van der Waals surface area contributed by atoms with E-state index < -0.39 is 22.5 Å². The molecule has 0 N–H and O–H groups in total. The van der Waals surface area contributed by atoms with Crippen LogP contribution in [0.1, 0.15) is 0 Å². The van der Waals surface area contributed by atoms with E-state index in [-0.39, 0.29) is 16.3 Å². The number of benzene rings is 2. The average Bonchev–Trinajstić information content (AvgIpc) is 2.65. The second kappa shape index (κ2) is 8.41. The second-order valence-electron chi connectivity index (χ2n) is 5.08. The molecule has 0 aromatic heterocycles. The fourth-order valence-electron chi connectivity index (χ4n) is 2.21. The van der Waals surface area contributed by atoms with Crippen LogP contribution in [0, 0.1) is 0 Å². The number of sulfonamides is 1. The molecule has 2 aromatic carbocycles. The standard InChI is InChI=1S/C17H18BrNO6S/c1-23-13-6-9-16(24-2)15(10-13)19(11-17(20)25-3)26(21,22)14-7-4-12(18)5-8-14/h4-10H,11H2,1-3H3. The van der Waals surface area contributed by atoms with Crippen molar-refractivity contribution in [3.63, 3.8) is 0 Å². The number of rotatable bonds is 7. The molecule has 2 rings (SSSR count). The quantitative estimate of drug-likeness (QED) is 0.611. The lowest BCUT2D eigenvalue weighted by atomic mass is 10.2. The fraction of sp³-hybridized carbons (Fsp3) is 0.235. The molecule has 0 aliphatic heterocycles. The Kier molecular flexibility index (Phi) is 6.49. The zero-order chi connectivity index (χ0) is 19.3. The average molecular weight is 444 g/mol. The van der Waals surface area contributed by atoms with E-state index in [0.29, 0.717) is 5.75 Å². The molecule has 0 saturated carbocycles. The lowest BCUT2D eigenvalue weighted by Gasteiger charge is -2.25. The highest BCUT2D eigenvalue weighted by molar-refractivity contribution is 9.10. The predicted octanol–water partition coefficient (Wildman–Crippen LogP) is 2.83. The minimum atomic E-state index is -4.06. The summed E-state index contributed by atoms with van der Waals surface area (Å²) in [5.74, 6) is -0.0207. The predicted molar refractivity (Wildman–Crippen MR) is 100 cm³/mol. The van der Waals surface area contributed by atoms with Crippen molar-refractivity contribution in [3.8, 4) is 11.5 Å². The summed E-state index contributed by atoms with van der Waals surface area (Å²) in [6.07, 6.45) is 0. The van der Waals surface area contributed by atoms with Gasteiger partial charge in [0.1, 0.15) is 18.0 Å². The van der Waals surface area contributed by atoms with E-state index in [4.69, 9.17) is 9.47 Å². The molecule has 9 heteroatoms. The Morgan fingerprint density at radius 3 is 2.23 bits per heavy atom. The van der Waals surface area contributed by atoms with Crippen molar-refractivity contribution in [2.45, 2.75) is 4.90 Å². The summed E-state index contributed by atoms with van der Waals surface area (Å²) in [7, 11) is 0.000939. The number of carbonyl (C=O) groups is 1. The molecule has 7 nitrogen and oxygen atoms in total. The summed E-state index contributed by atoms with van der Waals surface area (Å²) in [5, 5.41) is 0. The molecule has 0 fully saturated rings. The first-order valence-corrected chi connectivity index (χ1v) is 9.64. The molecule has 26 heavy (non-hydrogen) atoms. The van der Waals surface area contributed by atoms with E-state index in [1.165, 1.54) is 39.5 Å². The van der Waals surface area contributed by atoms with Crippen molar-refractivity contribution in [3.05, 3.63) is 46.9 Å². The molecule has 0 aliphatic rings. The molecule has 0 radical (unpaired) electrons. The highest BCUT2D eigenvalue weighted by atomic mass is 79.9. The van der Waals surface area contributed by atoms with Crippen molar-refractivity contribution < 1.29 is 27.4 Å². The zero-order valence-electron chi connectivity index (χ0n) is 14.4. The van der Waals surface area contributed by atoms with Gasteiger partial charge in [-0.25, -0.2) is 8.42 Å². The number of nitrogens with zero attached hydrogens (tertiary/aromatic N) is 1. The third-order valence-electron chi connectivity index (χ3n) is 3.56. The minimum absolute atomic E-state index is 0.0227. The van der Waals surface area contributed by atoms with Crippen molar-refractivity contribution >= 4 is 37.6 Å². The summed E-state index contributed by atoms with van der Waals surface area (Å²) in [4.78, 5) is 11.9. The molecule has 0 spiro atoms. The molecule has 0 heterocycles. The van der Waals surface area contributed by atoms with Gasteiger partial charge in [0.25, 0.3) is 10.0 Å². The van der Waals surface area contributed by atoms with Crippen LogP contribution in [0.3, 0.4) is 0 Å². The van der Waals surface area contributed by atoms with Crippen molar-refractivity contribution in [1.29, 1.82) is 0 Å². The SMILES string of the molecule is COC(=O)CN(c1cc(OC)ccc1OC)S(=O)(=O)c1ccc(Br)cc1. The molecular formula is C17H18BrNO6S. The van der Waals surface area contributed by atoms with Crippen LogP contribution in [0.5, 0.6) is 11.5 Å². The van der Waals surface area contributed by atoms with Gasteiger partial charge in [0.15, 0.2) is 0 Å². The summed E-state index contributed by atoms with van der Waals surface area (Å²) in [6, 6.07) is 10.8. The van der Waals surface area contributed by atoms with Gasteiger partial charge in [0.05, 0.1) is 31.9 Å². The summed E-state index contributed by atoms with van der Waals surface area (Å²) < 4.78 is 43.1. The third-order valence-corrected chi connectivity index (χ3v) is 5.86. The second-order valence-corrected chi connectivity index (χ2v) is 7.86. The van der Waals surface area contributed by atoms with E-state index >= 15 is 0 Å². The van der Waals surface area contributed by atoms with Crippen LogP contribution in [0.25, 0.3) is 0 Å². The van der Waals surface area contributed by atoms with Crippen LogP contribution in [0.15, 0.2) is 51.8 Å². The van der Waals surface area contributed by atoms with Gasteiger partial charge in [-0.1, -0.05) is 15.9 Å². The first kappa shape index (κ1) is 20.1. The lowest BCUT2D eigenvalue weighted by molar-refractivity contribution is -0.138. The number of ether oxygens (including phenoxy) is 3. The van der Waals surface area contributed by atoms with Crippen LogP contribution in [-0.2, 0) is 19.6 Å². The maximum Gasteiger partial charge on any atom is 0.326 e. The Bertz CT molecular complexity index is 883.